The average molecular weight is 369 g/mol. The number of halogens is 2. The molecule has 2 rings (SSSR count). The first kappa shape index (κ1) is 18.9. The van der Waals surface area contributed by atoms with E-state index >= 15 is 0 Å². The predicted octanol–water partition coefficient (Wildman–Crippen LogP) is 3.84. The number of hydrogen-bond donors (Lipinski definition) is 3. The summed E-state index contributed by atoms with van der Waals surface area (Å²) in [4.78, 5) is 0. The standard InChI is InChI=1S/C18H22Cl2N2O2/c1-24-14-6-2-4-12(8-14)5-3-7-22-11-17(23)13-9-15(19)18(21)16(20)10-13/h2,4,6,8-10,17,22-23H,3,5,7,11,21H2,1H3. The van der Waals surface area contributed by atoms with Crippen molar-refractivity contribution < 1.29 is 9.84 Å². The summed E-state index contributed by atoms with van der Waals surface area (Å²) in [7, 11) is 1.66. The van der Waals surface area contributed by atoms with Crippen molar-refractivity contribution in [3.63, 3.8) is 0 Å². The molecule has 0 heterocycles. The topological polar surface area (TPSA) is 67.5 Å². The van der Waals surface area contributed by atoms with E-state index in [2.05, 4.69) is 11.4 Å². The van der Waals surface area contributed by atoms with Gasteiger partial charge in [-0.05, 0) is 54.8 Å². The summed E-state index contributed by atoms with van der Waals surface area (Å²) in [6.07, 6.45) is 1.22. The quantitative estimate of drug-likeness (QED) is 0.489. The summed E-state index contributed by atoms with van der Waals surface area (Å²) < 4.78 is 5.21. The molecule has 0 spiro atoms. The van der Waals surface area contributed by atoms with E-state index in [-0.39, 0.29) is 0 Å². The molecule has 2 aromatic carbocycles. The van der Waals surface area contributed by atoms with Gasteiger partial charge in [-0.3, -0.25) is 0 Å². The molecule has 1 atom stereocenters. The lowest BCUT2D eigenvalue weighted by Crippen LogP contribution is -2.23. The normalized spacial score (nSPS) is 12.2. The molecular weight excluding hydrogens is 347 g/mol. The third-order valence-corrected chi connectivity index (χ3v) is 4.40. The Balaban J connectivity index is 1.75. The van der Waals surface area contributed by atoms with Crippen LogP contribution in [0.25, 0.3) is 0 Å². The van der Waals surface area contributed by atoms with E-state index in [1.54, 1.807) is 19.2 Å². The highest BCUT2D eigenvalue weighted by atomic mass is 35.5. The molecular formula is C18H22Cl2N2O2. The minimum atomic E-state index is -0.683. The largest absolute Gasteiger partial charge is 0.497 e. The molecule has 0 aliphatic heterocycles. The summed E-state index contributed by atoms with van der Waals surface area (Å²) in [6.45, 7) is 1.22. The highest BCUT2D eigenvalue weighted by Gasteiger charge is 2.11. The maximum absolute atomic E-state index is 10.2. The van der Waals surface area contributed by atoms with Crippen molar-refractivity contribution in [2.75, 3.05) is 25.9 Å². The van der Waals surface area contributed by atoms with Gasteiger partial charge in [0.25, 0.3) is 0 Å². The van der Waals surface area contributed by atoms with Crippen molar-refractivity contribution in [3.05, 3.63) is 57.6 Å². The fourth-order valence-corrected chi connectivity index (χ4v) is 2.90. The third kappa shape index (κ3) is 5.28. The molecule has 24 heavy (non-hydrogen) atoms. The molecule has 2 aromatic rings. The van der Waals surface area contributed by atoms with E-state index in [9.17, 15) is 5.11 Å². The van der Waals surface area contributed by atoms with Gasteiger partial charge in [-0.2, -0.15) is 0 Å². The van der Waals surface area contributed by atoms with Gasteiger partial charge >= 0.3 is 0 Å². The summed E-state index contributed by atoms with van der Waals surface area (Å²) >= 11 is 12.0. The van der Waals surface area contributed by atoms with E-state index in [0.29, 0.717) is 27.8 Å². The van der Waals surface area contributed by atoms with Crippen molar-refractivity contribution in [1.29, 1.82) is 0 Å². The number of methoxy groups -OCH3 is 1. The number of nitrogen functional groups attached to an aromatic ring is 1. The zero-order valence-electron chi connectivity index (χ0n) is 13.6. The molecule has 0 amide bonds. The second kappa shape index (κ2) is 9.14. The van der Waals surface area contributed by atoms with Gasteiger partial charge in [0.1, 0.15) is 5.75 Å². The fourth-order valence-electron chi connectivity index (χ4n) is 2.40. The van der Waals surface area contributed by atoms with Gasteiger partial charge < -0.3 is 20.9 Å². The second-order valence-corrected chi connectivity index (χ2v) is 6.39. The minimum Gasteiger partial charge on any atom is -0.497 e. The molecule has 0 radical (unpaired) electrons. The Kier molecular flexibility index (Phi) is 7.18. The number of aliphatic hydroxyl groups is 1. The Hall–Kier alpha value is -1.46. The second-order valence-electron chi connectivity index (χ2n) is 5.57. The Morgan fingerprint density at radius 1 is 1.21 bits per heavy atom. The number of rotatable bonds is 8. The van der Waals surface area contributed by atoms with Crippen LogP contribution >= 0.6 is 23.2 Å². The van der Waals surface area contributed by atoms with E-state index in [4.69, 9.17) is 33.7 Å². The van der Waals surface area contributed by atoms with Crippen LogP contribution < -0.4 is 15.8 Å². The Labute approximate surface area is 152 Å². The fraction of sp³-hybridized carbons (Fsp3) is 0.333. The lowest BCUT2D eigenvalue weighted by Gasteiger charge is -2.14. The average Bonchev–Trinajstić information content (AvgIpc) is 2.58. The molecule has 0 aromatic heterocycles. The highest BCUT2D eigenvalue weighted by molar-refractivity contribution is 6.38. The predicted molar refractivity (Wildman–Crippen MR) is 100 cm³/mol. The van der Waals surface area contributed by atoms with Crippen molar-refractivity contribution in [2.24, 2.45) is 0 Å². The first-order chi connectivity index (χ1) is 11.5. The van der Waals surface area contributed by atoms with Crippen LogP contribution in [-0.2, 0) is 6.42 Å². The van der Waals surface area contributed by atoms with Crippen LogP contribution in [0.15, 0.2) is 36.4 Å². The van der Waals surface area contributed by atoms with Gasteiger partial charge in [0.05, 0.1) is 28.9 Å². The lowest BCUT2D eigenvalue weighted by atomic mass is 10.1. The zero-order valence-corrected chi connectivity index (χ0v) is 15.1. The van der Waals surface area contributed by atoms with Gasteiger partial charge in [-0.1, -0.05) is 35.3 Å². The van der Waals surface area contributed by atoms with Crippen LogP contribution in [0, 0.1) is 0 Å². The van der Waals surface area contributed by atoms with Crippen molar-refractivity contribution in [2.45, 2.75) is 18.9 Å². The summed E-state index contributed by atoms with van der Waals surface area (Å²) in [5, 5.41) is 14.2. The van der Waals surface area contributed by atoms with E-state index in [1.807, 2.05) is 18.2 Å². The number of nitrogens with two attached hydrogens (primary N) is 1. The minimum absolute atomic E-state index is 0.334. The summed E-state index contributed by atoms with van der Waals surface area (Å²) in [5.41, 5.74) is 7.91. The van der Waals surface area contributed by atoms with Crippen LogP contribution in [0.5, 0.6) is 5.75 Å². The Morgan fingerprint density at radius 3 is 2.58 bits per heavy atom. The number of hydrogen-bond acceptors (Lipinski definition) is 4. The number of nitrogens with one attached hydrogen (secondary N) is 1. The molecule has 130 valence electrons. The first-order valence-electron chi connectivity index (χ1n) is 7.77. The lowest BCUT2D eigenvalue weighted by molar-refractivity contribution is 0.175. The maximum Gasteiger partial charge on any atom is 0.119 e. The maximum atomic E-state index is 10.2. The molecule has 0 aliphatic rings. The molecule has 4 N–H and O–H groups in total. The van der Waals surface area contributed by atoms with Crippen molar-refractivity contribution in [1.82, 2.24) is 5.32 Å². The van der Waals surface area contributed by atoms with E-state index in [0.717, 1.165) is 25.1 Å². The molecule has 6 heteroatoms. The SMILES string of the molecule is COc1cccc(CCCNCC(O)c2cc(Cl)c(N)c(Cl)c2)c1. The summed E-state index contributed by atoms with van der Waals surface area (Å²) in [5.74, 6) is 0.869. The van der Waals surface area contributed by atoms with Gasteiger partial charge in [0.2, 0.25) is 0 Å². The molecule has 4 nitrogen and oxygen atoms in total. The first-order valence-corrected chi connectivity index (χ1v) is 8.53. The molecule has 1 unspecified atom stereocenters. The van der Waals surface area contributed by atoms with Crippen molar-refractivity contribution in [3.8, 4) is 5.75 Å². The Bertz CT molecular complexity index is 657. The number of aliphatic hydroxyl groups excluding tert-OH is 1. The number of aryl methyl sites for hydroxylation is 1. The molecule has 0 saturated carbocycles. The molecule has 0 fully saturated rings. The van der Waals surface area contributed by atoms with Gasteiger partial charge in [-0.15, -0.1) is 0 Å². The van der Waals surface area contributed by atoms with Crippen LogP contribution in [0.3, 0.4) is 0 Å². The van der Waals surface area contributed by atoms with Gasteiger partial charge in [0.15, 0.2) is 0 Å². The van der Waals surface area contributed by atoms with Crippen LogP contribution in [-0.4, -0.2) is 25.3 Å². The Morgan fingerprint density at radius 2 is 1.92 bits per heavy atom. The molecule has 0 saturated heterocycles. The third-order valence-electron chi connectivity index (χ3n) is 3.78. The number of ether oxygens (including phenoxy) is 1. The van der Waals surface area contributed by atoms with Gasteiger partial charge in [-0.25, -0.2) is 0 Å². The summed E-state index contributed by atoms with van der Waals surface area (Å²) in [6, 6.07) is 11.3. The van der Waals surface area contributed by atoms with Crippen molar-refractivity contribution >= 4 is 28.9 Å². The van der Waals surface area contributed by atoms with E-state index in [1.165, 1.54) is 5.56 Å². The van der Waals surface area contributed by atoms with Crippen LogP contribution in [0.4, 0.5) is 5.69 Å². The monoisotopic (exact) mass is 368 g/mol. The van der Waals surface area contributed by atoms with Crippen LogP contribution in [0.2, 0.25) is 10.0 Å². The smallest absolute Gasteiger partial charge is 0.119 e. The molecule has 0 bridgehead atoms. The van der Waals surface area contributed by atoms with Gasteiger partial charge in [0, 0.05) is 6.54 Å². The van der Waals surface area contributed by atoms with Crippen LogP contribution in [0.1, 0.15) is 23.7 Å². The zero-order chi connectivity index (χ0) is 17.5. The van der Waals surface area contributed by atoms with E-state index < -0.39 is 6.10 Å². The molecule has 0 aliphatic carbocycles. The highest BCUT2D eigenvalue weighted by Crippen LogP contribution is 2.31. The number of benzene rings is 2. The number of anilines is 1.